The molecule has 2 aromatic heterocycles. The van der Waals surface area contributed by atoms with Crippen LogP contribution in [0.5, 0.6) is 11.6 Å². The van der Waals surface area contributed by atoms with Gasteiger partial charge in [-0.05, 0) is 18.1 Å². The van der Waals surface area contributed by atoms with Crippen molar-refractivity contribution in [3.8, 4) is 11.6 Å². The highest BCUT2D eigenvalue weighted by Gasteiger charge is 2.17. The molecule has 0 saturated carbocycles. The minimum Gasteiger partial charge on any atom is -0.495 e. The van der Waals surface area contributed by atoms with Crippen LogP contribution in [0.25, 0.3) is 0 Å². The average molecular weight is 318 g/mol. The van der Waals surface area contributed by atoms with Gasteiger partial charge in [-0.1, -0.05) is 13.8 Å². The van der Waals surface area contributed by atoms with Gasteiger partial charge in [-0.15, -0.1) is 5.10 Å². The molecule has 7 heteroatoms. The molecule has 0 aromatic carbocycles. The van der Waals surface area contributed by atoms with Gasteiger partial charge in [0.15, 0.2) is 0 Å². The number of rotatable bonds is 6. The molecule has 0 bridgehead atoms. The second-order valence-electron chi connectivity index (χ2n) is 5.57. The van der Waals surface area contributed by atoms with Crippen LogP contribution in [0, 0.1) is 5.92 Å². The van der Waals surface area contributed by atoms with Gasteiger partial charge in [0.05, 0.1) is 19.9 Å². The first kappa shape index (κ1) is 16.8. The first-order valence-electron chi connectivity index (χ1n) is 7.39. The number of methoxy groups -OCH3 is 1. The normalized spacial score (nSPS) is 13.4. The molecule has 2 atom stereocenters. The molecule has 0 spiro atoms. The Morgan fingerprint density at radius 2 is 2.09 bits per heavy atom. The van der Waals surface area contributed by atoms with Crippen LogP contribution in [0.1, 0.15) is 25.5 Å². The molecule has 2 aromatic rings. The molecule has 2 N–H and O–H groups in total. The van der Waals surface area contributed by atoms with E-state index in [1.54, 1.807) is 20.4 Å². The van der Waals surface area contributed by atoms with Crippen molar-refractivity contribution in [1.82, 2.24) is 14.8 Å². The van der Waals surface area contributed by atoms with Gasteiger partial charge in [-0.3, -0.25) is 9.78 Å². The fourth-order valence-corrected chi connectivity index (χ4v) is 2.11. The lowest BCUT2D eigenvalue weighted by Gasteiger charge is -2.20. The van der Waals surface area contributed by atoms with Crippen molar-refractivity contribution in [2.45, 2.75) is 19.8 Å². The summed E-state index contributed by atoms with van der Waals surface area (Å²) in [6.45, 7) is 4.60. The molecular weight excluding hydrogens is 296 g/mol. The van der Waals surface area contributed by atoms with Gasteiger partial charge in [0.2, 0.25) is 5.88 Å². The molecular formula is C16H22N4O3. The molecule has 2 heterocycles. The van der Waals surface area contributed by atoms with E-state index in [-0.39, 0.29) is 23.1 Å². The smallest absolute Gasteiger partial charge is 0.289 e. The molecule has 0 aliphatic heterocycles. The highest BCUT2D eigenvalue weighted by Crippen LogP contribution is 2.24. The maximum Gasteiger partial charge on any atom is 0.289 e. The number of pyridine rings is 1. The summed E-state index contributed by atoms with van der Waals surface area (Å²) < 4.78 is 12.0. The molecule has 0 aliphatic carbocycles. The molecule has 0 aliphatic rings. The Morgan fingerprint density at radius 1 is 1.35 bits per heavy atom. The number of anilines is 1. The van der Waals surface area contributed by atoms with Gasteiger partial charge in [0.25, 0.3) is 5.56 Å². The first-order chi connectivity index (χ1) is 10.9. The van der Waals surface area contributed by atoms with Crippen LogP contribution in [0.3, 0.4) is 0 Å². The van der Waals surface area contributed by atoms with Gasteiger partial charge < -0.3 is 15.2 Å². The summed E-state index contributed by atoms with van der Waals surface area (Å²) in [6.07, 6.45) is 1.70. The van der Waals surface area contributed by atoms with Crippen LogP contribution >= 0.6 is 0 Å². The van der Waals surface area contributed by atoms with Gasteiger partial charge in [-0.2, -0.15) is 0 Å². The molecule has 124 valence electrons. The van der Waals surface area contributed by atoms with Gasteiger partial charge >= 0.3 is 0 Å². The van der Waals surface area contributed by atoms with Gasteiger partial charge in [-0.25, -0.2) is 4.68 Å². The van der Waals surface area contributed by atoms with Crippen molar-refractivity contribution in [2.75, 3.05) is 19.5 Å². The highest BCUT2D eigenvalue weighted by atomic mass is 16.5. The van der Waals surface area contributed by atoms with Crippen molar-refractivity contribution in [3.05, 3.63) is 40.4 Å². The Morgan fingerprint density at radius 3 is 2.65 bits per heavy atom. The molecule has 0 amide bonds. The van der Waals surface area contributed by atoms with Crippen LogP contribution in [-0.4, -0.2) is 28.5 Å². The number of aryl methyl sites for hydroxylation is 1. The first-order valence-corrected chi connectivity index (χ1v) is 7.39. The lowest BCUT2D eigenvalue weighted by Crippen LogP contribution is -2.24. The Hall–Kier alpha value is -2.57. The standard InChI is InChI=1S/C16H22N4O3/c1-10(11(2)14-6-5-12(22-4)8-18-14)9-23-15-7-13(17)16(21)20(3)19-15/h5-8,10-11H,9,17H2,1-4H3/t10-,11+/m1/s1. The van der Waals surface area contributed by atoms with Crippen LogP contribution in [0.15, 0.2) is 29.2 Å². The third-order valence-corrected chi connectivity index (χ3v) is 3.88. The predicted octanol–water partition coefficient (Wildman–Crippen LogP) is 1.58. The monoisotopic (exact) mass is 318 g/mol. The Kier molecular flexibility index (Phi) is 5.20. The molecule has 7 nitrogen and oxygen atoms in total. The number of nitrogens with two attached hydrogens (primary N) is 1. The predicted molar refractivity (Wildman–Crippen MR) is 87.8 cm³/mol. The summed E-state index contributed by atoms with van der Waals surface area (Å²) >= 11 is 0. The number of ether oxygens (including phenoxy) is 2. The van der Waals surface area contributed by atoms with Crippen molar-refractivity contribution in [3.63, 3.8) is 0 Å². The van der Waals surface area contributed by atoms with Crippen LogP contribution < -0.4 is 20.8 Å². The lowest BCUT2D eigenvalue weighted by molar-refractivity contribution is 0.228. The topological polar surface area (TPSA) is 92.3 Å². The van der Waals surface area contributed by atoms with E-state index in [2.05, 4.69) is 23.9 Å². The number of nitrogens with zero attached hydrogens (tertiary/aromatic N) is 3. The van der Waals surface area contributed by atoms with E-state index in [1.165, 1.54) is 10.7 Å². The maximum atomic E-state index is 11.5. The van der Waals surface area contributed by atoms with Crippen LogP contribution in [0.2, 0.25) is 0 Å². The molecule has 0 unspecified atom stereocenters. The summed E-state index contributed by atoms with van der Waals surface area (Å²) in [5.41, 5.74) is 6.39. The van der Waals surface area contributed by atoms with Gasteiger partial charge in [0.1, 0.15) is 11.4 Å². The van der Waals surface area contributed by atoms with Crippen molar-refractivity contribution < 1.29 is 9.47 Å². The van der Waals surface area contributed by atoms with Crippen LogP contribution in [0.4, 0.5) is 5.69 Å². The van der Waals surface area contributed by atoms with E-state index in [4.69, 9.17) is 15.2 Å². The number of hydrogen-bond acceptors (Lipinski definition) is 6. The van der Waals surface area contributed by atoms with Gasteiger partial charge in [0, 0.05) is 24.7 Å². The average Bonchev–Trinajstić information content (AvgIpc) is 2.56. The van der Waals surface area contributed by atoms with E-state index in [1.807, 2.05) is 12.1 Å². The van der Waals surface area contributed by atoms with E-state index in [0.29, 0.717) is 12.5 Å². The maximum absolute atomic E-state index is 11.5. The number of hydrogen-bond donors (Lipinski definition) is 1. The quantitative estimate of drug-likeness (QED) is 0.869. The summed E-state index contributed by atoms with van der Waals surface area (Å²) in [4.78, 5) is 15.9. The van der Waals surface area contributed by atoms with Crippen molar-refractivity contribution >= 4 is 5.69 Å². The van der Waals surface area contributed by atoms with Crippen molar-refractivity contribution in [2.24, 2.45) is 13.0 Å². The molecule has 0 radical (unpaired) electrons. The second-order valence-corrected chi connectivity index (χ2v) is 5.57. The zero-order valence-electron chi connectivity index (χ0n) is 13.8. The highest BCUT2D eigenvalue weighted by molar-refractivity contribution is 5.37. The fourth-order valence-electron chi connectivity index (χ4n) is 2.11. The Bertz CT molecular complexity index is 686. The SMILES string of the molecule is COc1ccc([C@@H](C)[C@H](C)COc2cc(N)c(=O)n(C)n2)nc1. The summed E-state index contributed by atoms with van der Waals surface area (Å²) in [5.74, 6) is 1.48. The minimum atomic E-state index is -0.332. The minimum absolute atomic E-state index is 0.120. The summed E-state index contributed by atoms with van der Waals surface area (Å²) in [7, 11) is 3.15. The summed E-state index contributed by atoms with van der Waals surface area (Å²) in [5, 5.41) is 4.03. The second kappa shape index (κ2) is 7.13. The lowest BCUT2D eigenvalue weighted by atomic mass is 9.93. The summed E-state index contributed by atoms with van der Waals surface area (Å²) in [6, 6.07) is 5.29. The van der Waals surface area contributed by atoms with Crippen molar-refractivity contribution in [1.29, 1.82) is 0 Å². The zero-order chi connectivity index (χ0) is 17.0. The molecule has 0 fully saturated rings. The van der Waals surface area contributed by atoms with E-state index in [0.717, 1.165) is 11.4 Å². The third-order valence-electron chi connectivity index (χ3n) is 3.88. The third kappa shape index (κ3) is 4.00. The molecule has 0 saturated heterocycles. The Balaban J connectivity index is 2.00. The molecule has 23 heavy (non-hydrogen) atoms. The molecule has 2 rings (SSSR count). The number of aromatic nitrogens is 3. The van der Waals surface area contributed by atoms with E-state index >= 15 is 0 Å². The van der Waals surface area contributed by atoms with E-state index < -0.39 is 0 Å². The number of nitrogen functional groups attached to an aromatic ring is 1. The zero-order valence-corrected chi connectivity index (χ0v) is 13.8. The van der Waals surface area contributed by atoms with Crippen LogP contribution in [-0.2, 0) is 7.05 Å². The fraction of sp³-hybridized carbons (Fsp3) is 0.438. The largest absolute Gasteiger partial charge is 0.495 e. The van der Waals surface area contributed by atoms with E-state index in [9.17, 15) is 4.79 Å². The Labute approximate surface area is 135 Å².